The van der Waals surface area contributed by atoms with Crippen molar-refractivity contribution in [3.63, 3.8) is 0 Å². The Morgan fingerprint density at radius 3 is 1.79 bits per heavy atom. The quantitative estimate of drug-likeness (QED) is 0.221. The van der Waals surface area contributed by atoms with Gasteiger partial charge in [-0.1, -0.05) is 52.2 Å². The van der Waals surface area contributed by atoms with Crippen molar-refractivity contribution >= 4 is 7.92 Å². The fourth-order valence-corrected chi connectivity index (χ4v) is 6.04. The average Bonchev–Trinajstić information content (AvgIpc) is 2.76. The third kappa shape index (κ3) is 14.9. The van der Waals surface area contributed by atoms with Gasteiger partial charge in [-0.05, 0) is 31.0 Å². The van der Waals surface area contributed by atoms with Gasteiger partial charge in [0.2, 0.25) is 0 Å². The molecule has 1 radical (unpaired) electrons. The van der Waals surface area contributed by atoms with Crippen LogP contribution in [-0.4, -0.2) is 23.5 Å². The van der Waals surface area contributed by atoms with E-state index in [1.807, 2.05) is 42.5 Å². The second-order valence-corrected chi connectivity index (χ2v) is 9.55. The summed E-state index contributed by atoms with van der Waals surface area (Å²) in [7, 11) is 0.0675. The molecule has 0 unspecified atom stereocenters. The van der Waals surface area contributed by atoms with Crippen molar-refractivity contribution in [3.05, 3.63) is 61.3 Å². The number of aromatic nitrogens is 1. The van der Waals surface area contributed by atoms with Crippen molar-refractivity contribution in [2.45, 2.75) is 59.3 Å². The summed E-state index contributed by atoms with van der Waals surface area (Å²) in [6, 6.07) is 16.8. The van der Waals surface area contributed by atoms with E-state index < -0.39 is 0 Å². The molecule has 28 heavy (non-hydrogen) atoms. The minimum Gasteiger partial charge on any atom is -0.512 e. The maximum atomic E-state index is 6.25. The summed E-state index contributed by atoms with van der Waals surface area (Å²) < 4.78 is 0. The molecule has 0 saturated carbocycles. The maximum Gasteiger partial charge on any atom is 0.0571 e. The normalized spacial score (nSPS) is 9.36. The van der Waals surface area contributed by atoms with Gasteiger partial charge in [0, 0.05) is 34.2 Å². The van der Waals surface area contributed by atoms with Crippen LogP contribution in [0.15, 0.2) is 48.7 Å². The molecule has 0 spiro atoms. The minimum absolute atomic E-state index is 0. The molecule has 0 fully saturated rings. The van der Waals surface area contributed by atoms with Crippen LogP contribution in [0.2, 0.25) is 0 Å². The largest absolute Gasteiger partial charge is 0.512 e. The first-order valence-electron chi connectivity index (χ1n) is 10.3. The van der Waals surface area contributed by atoms with Crippen molar-refractivity contribution in [2.75, 3.05) is 18.5 Å². The topological polar surface area (TPSA) is 36.7 Å². The molecule has 2 nitrogen and oxygen atoms in total. The van der Waals surface area contributed by atoms with Crippen LogP contribution in [-0.2, 0) is 20.1 Å². The van der Waals surface area contributed by atoms with E-state index in [0.29, 0.717) is 0 Å². The molecular weight excluding hydrogens is 539 g/mol. The second kappa shape index (κ2) is 22.2. The van der Waals surface area contributed by atoms with Gasteiger partial charge in [-0.15, -0.1) is 35.9 Å². The Morgan fingerprint density at radius 2 is 1.39 bits per heavy atom. The van der Waals surface area contributed by atoms with Gasteiger partial charge in [-0.3, -0.25) is 0 Å². The summed E-state index contributed by atoms with van der Waals surface area (Å²) in [6.07, 6.45) is 15.2. The molecule has 2 aromatic rings. The van der Waals surface area contributed by atoms with Crippen LogP contribution in [0.5, 0.6) is 0 Å². The van der Waals surface area contributed by atoms with Crippen molar-refractivity contribution in [2.24, 2.45) is 0 Å². The fraction of sp³-hybridized carbons (Fsp3) is 0.500. The Labute approximate surface area is 188 Å². The van der Waals surface area contributed by atoms with Gasteiger partial charge in [-0.25, -0.2) is 0 Å². The molecule has 1 aromatic heterocycles. The minimum atomic E-state index is 0. The van der Waals surface area contributed by atoms with Crippen molar-refractivity contribution in [1.82, 2.24) is 4.98 Å². The zero-order chi connectivity index (χ0) is 20.2. The number of pyridine rings is 1. The summed E-state index contributed by atoms with van der Waals surface area (Å²) in [6.45, 7) is 11.7. The van der Waals surface area contributed by atoms with Crippen molar-refractivity contribution < 1.29 is 20.1 Å². The summed E-state index contributed by atoms with van der Waals surface area (Å²) in [5.41, 5.74) is 2.01. The molecule has 0 aliphatic rings. The number of hydrogen-bond donors (Lipinski definition) is 0. The Bertz CT molecular complexity index is 504. The Kier molecular flexibility index (Phi) is 23.1. The molecule has 0 saturated heterocycles. The van der Waals surface area contributed by atoms with Crippen molar-refractivity contribution in [1.29, 1.82) is 5.26 Å². The first-order chi connectivity index (χ1) is 13.3. The van der Waals surface area contributed by atoms with E-state index in [4.69, 9.17) is 11.8 Å². The summed E-state index contributed by atoms with van der Waals surface area (Å²) in [4.78, 5) is 4.22. The van der Waals surface area contributed by atoms with Crippen molar-refractivity contribution in [3.8, 4) is 11.3 Å². The number of nitrogens with zero attached hydrogens (tertiary/aromatic N) is 2. The molecule has 0 aliphatic heterocycles. The van der Waals surface area contributed by atoms with Crippen LogP contribution < -0.4 is 0 Å². The molecular formula is C24H36IrN2P-. The van der Waals surface area contributed by atoms with Crippen LogP contribution in [0.1, 0.15) is 59.3 Å². The molecule has 1 heterocycles. The van der Waals surface area contributed by atoms with Crippen LogP contribution in [0, 0.1) is 17.9 Å². The van der Waals surface area contributed by atoms with Crippen LogP contribution in [0.25, 0.3) is 11.3 Å². The monoisotopic (exact) mass is 576 g/mol. The van der Waals surface area contributed by atoms with Gasteiger partial charge in [0.1, 0.15) is 0 Å². The molecule has 157 valence electrons. The van der Waals surface area contributed by atoms with Gasteiger partial charge in [0.15, 0.2) is 0 Å². The molecule has 0 bridgehead atoms. The van der Waals surface area contributed by atoms with Gasteiger partial charge >= 0.3 is 0 Å². The van der Waals surface area contributed by atoms with Gasteiger partial charge < -0.3 is 16.8 Å². The van der Waals surface area contributed by atoms with E-state index in [2.05, 4.69) is 31.8 Å². The first kappa shape index (κ1) is 29.1. The Morgan fingerprint density at radius 1 is 0.857 bits per heavy atom. The molecule has 1 aromatic carbocycles. The third-order valence-corrected chi connectivity index (χ3v) is 7.48. The molecule has 0 aliphatic carbocycles. The van der Waals surface area contributed by atoms with E-state index in [-0.39, 0.29) is 28.0 Å². The van der Waals surface area contributed by atoms with E-state index in [1.165, 1.54) is 38.5 Å². The molecule has 0 atom stereocenters. The second-order valence-electron chi connectivity index (χ2n) is 6.55. The van der Waals surface area contributed by atoms with E-state index in [1.54, 1.807) is 24.7 Å². The van der Waals surface area contributed by atoms with Gasteiger partial charge in [0.05, 0.1) is 18.5 Å². The zero-order valence-corrected chi connectivity index (χ0v) is 21.1. The summed E-state index contributed by atoms with van der Waals surface area (Å²) >= 11 is 0. The number of rotatable bonds is 10. The predicted octanol–water partition coefficient (Wildman–Crippen LogP) is 7.24. The molecule has 0 N–H and O–H groups in total. The van der Waals surface area contributed by atoms with Gasteiger partial charge in [0.25, 0.3) is 0 Å². The number of unbranched alkanes of at least 4 members (excludes halogenated alkanes) is 3. The Hall–Kier alpha value is -1.06. The third-order valence-electron chi connectivity index (χ3n) is 4.30. The SMILES string of the molecule is CCCC[PH+](CCCC)CCCC.[C-]#N.[Ir].[c-]1ccccc1-c1ccccn1. The summed E-state index contributed by atoms with van der Waals surface area (Å²) in [5.74, 6) is 0. The Balaban J connectivity index is 0. The smallest absolute Gasteiger partial charge is 0.0571 e. The average molecular weight is 576 g/mol. The standard InChI is InChI=1S/C12H27P.C11H8N.CN.Ir/c1-4-7-10-13(11-8-5-2)12-9-6-3;1-2-6-10(7-3-1)11-8-4-5-9-12-11;1-2;/h4-12H2,1-3H3;1-6,8-9H;;/q;2*-1;/p+1. The number of hydrogen-bond acceptors (Lipinski definition) is 2. The fourth-order valence-electron chi connectivity index (χ4n) is 2.73. The molecule has 0 amide bonds. The van der Waals surface area contributed by atoms with E-state index >= 15 is 0 Å². The number of benzene rings is 1. The van der Waals surface area contributed by atoms with Crippen LogP contribution in [0.3, 0.4) is 0 Å². The van der Waals surface area contributed by atoms with E-state index in [9.17, 15) is 0 Å². The van der Waals surface area contributed by atoms with Gasteiger partial charge in [-0.2, -0.15) is 0 Å². The van der Waals surface area contributed by atoms with E-state index in [0.717, 1.165) is 11.3 Å². The zero-order valence-electron chi connectivity index (χ0n) is 17.7. The predicted molar refractivity (Wildman–Crippen MR) is 121 cm³/mol. The van der Waals surface area contributed by atoms with Crippen LogP contribution in [0.4, 0.5) is 0 Å². The molecule has 2 rings (SSSR count). The van der Waals surface area contributed by atoms with Crippen LogP contribution >= 0.6 is 7.92 Å². The first-order valence-corrected chi connectivity index (χ1v) is 12.4. The summed E-state index contributed by atoms with van der Waals surface area (Å²) in [5, 5.41) is 6.25. The molecule has 4 heteroatoms. The maximum absolute atomic E-state index is 6.25.